The fraction of sp³-hybridized carbons (Fsp3) is 0.538. The first-order valence-corrected chi connectivity index (χ1v) is 14.6. The smallest absolute Gasteiger partial charge is 0.459 e. The summed E-state index contributed by atoms with van der Waals surface area (Å²) in [6.45, 7) is 9.93. The van der Waals surface area contributed by atoms with E-state index in [-0.39, 0.29) is 24.9 Å². The maximum Gasteiger partial charge on any atom is 0.459 e. The number of ether oxygens (including phenoxy) is 3. The van der Waals surface area contributed by atoms with Crippen LogP contribution in [-0.4, -0.2) is 62.6 Å². The average molecular weight is 580 g/mol. The summed E-state index contributed by atoms with van der Waals surface area (Å²) in [5, 5.41) is 2.62. The molecular weight excluding hydrogens is 544 g/mol. The van der Waals surface area contributed by atoms with Crippen LogP contribution in [0.3, 0.4) is 0 Å². The number of hydrogen-bond donors (Lipinski definition) is 1. The lowest BCUT2D eigenvalue weighted by Crippen LogP contribution is -2.36. The molecular formula is C26H35FN5O7P. The number of aryl methyl sites for hydroxylation is 1. The SMILES string of the molecule is CCOc1nc(C)nc2c1ncn2[C@@H]1O[C@H](COP(=O)(NC(C)C(=O)OC(C)C)Oc2ccccc2)C[C@@]1(C)F. The first-order valence-electron chi connectivity index (χ1n) is 13.1. The number of para-hydroxylation sites is 1. The Hall–Kier alpha value is -3.12. The van der Waals surface area contributed by atoms with Gasteiger partial charge in [-0.15, -0.1) is 0 Å². The van der Waals surface area contributed by atoms with Crippen molar-refractivity contribution in [2.45, 2.75) is 78.1 Å². The van der Waals surface area contributed by atoms with Gasteiger partial charge in [0.25, 0.3) is 0 Å². The maximum atomic E-state index is 15.9. The summed E-state index contributed by atoms with van der Waals surface area (Å²) in [6, 6.07) is 7.35. The largest absolute Gasteiger partial charge is 0.476 e. The molecule has 1 N–H and O–H groups in total. The van der Waals surface area contributed by atoms with E-state index in [4.69, 9.17) is 23.3 Å². The second-order valence-corrected chi connectivity index (χ2v) is 11.7. The number of nitrogens with zero attached hydrogens (tertiary/aromatic N) is 4. The summed E-state index contributed by atoms with van der Waals surface area (Å²) >= 11 is 0. The van der Waals surface area contributed by atoms with Crippen molar-refractivity contribution in [3.05, 3.63) is 42.5 Å². The fourth-order valence-corrected chi connectivity index (χ4v) is 5.81. The Kier molecular flexibility index (Phi) is 9.09. The monoisotopic (exact) mass is 579 g/mol. The molecule has 12 nitrogen and oxygen atoms in total. The van der Waals surface area contributed by atoms with E-state index in [1.807, 2.05) is 6.92 Å². The van der Waals surface area contributed by atoms with Crippen LogP contribution in [0, 0.1) is 6.92 Å². The molecule has 1 fully saturated rings. The third-order valence-electron chi connectivity index (χ3n) is 5.95. The number of halogens is 1. The van der Waals surface area contributed by atoms with Gasteiger partial charge in [0.2, 0.25) is 5.88 Å². The summed E-state index contributed by atoms with van der Waals surface area (Å²) in [6.07, 6.45) is -0.914. The number of fused-ring (bicyclic) bond motifs is 1. The normalized spacial score (nSPS) is 23.2. The van der Waals surface area contributed by atoms with Gasteiger partial charge in [0.1, 0.15) is 17.6 Å². The number of rotatable bonds is 12. The Morgan fingerprint density at radius 1 is 1.27 bits per heavy atom. The zero-order valence-corrected chi connectivity index (χ0v) is 24.3. The molecule has 1 aromatic carbocycles. The van der Waals surface area contributed by atoms with Crippen LogP contribution < -0.4 is 14.3 Å². The average Bonchev–Trinajstić information content (AvgIpc) is 3.42. The predicted octanol–water partition coefficient (Wildman–Crippen LogP) is 4.68. The quantitative estimate of drug-likeness (QED) is 0.237. The van der Waals surface area contributed by atoms with Gasteiger partial charge in [-0.3, -0.25) is 13.9 Å². The topological polar surface area (TPSA) is 136 Å². The van der Waals surface area contributed by atoms with Gasteiger partial charge < -0.3 is 18.7 Å². The highest BCUT2D eigenvalue weighted by Crippen LogP contribution is 2.48. The molecule has 1 aliphatic heterocycles. The number of hydrogen-bond acceptors (Lipinski definition) is 10. The van der Waals surface area contributed by atoms with Crippen molar-refractivity contribution in [1.82, 2.24) is 24.6 Å². The molecule has 2 aromatic heterocycles. The molecule has 1 saturated heterocycles. The third kappa shape index (κ3) is 6.95. The molecule has 40 heavy (non-hydrogen) atoms. The molecule has 0 spiro atoms. The van der Waals surface area contributed by atoms with Crippen LogP contribution in [-0.2, 0) is 23.4 Å². The van der Waals surface area contributed by atoms with Crippen LogP contribution in [0.1, 0.15) is 53.1 Å². The third-order valence-corrected chi connectivity index (χ3v) is 7.60. The molecule has 0 amide bonds. The van der Waals surface area contributed by atoms with Gasteiger partial charge in [-0.1, -0.05) is 18.2 Å². The van der Waals surface area contributed by atoms with E-state index in [2.05, 4.69) is 20.0 Å². The molecule has 218 valence electrons. The lowest BCUT2D eigenvalue weighted by atomic mass is 10.0. The fourth-order valence-electron chi connectivity index (χ4n) is 4.29. The van der Waals surface area contributed by atoms with Gasteiger partial charge in [0, 0.05) is 6.42 Å². The standard InChI is InChI=1S/C26H35FN5O7P/c1-7-35-23-21-22(29-18(5)30-23)32(15-28-21)25-26(6,27)13-20(38-25)14-36-40(34,39-19-11-9-8-10-12-19)31-17(4)24(33)37-16(2)3/h8-12,15-17,20,25H,7,13-14H2,1-6H3,(H,31,34)/t17?,20-,25+,26+,40?/m0/s1. The zero-order valence-electron chi connectivity index (χ0n) is 23.4. The van der Waals surface area contributed by atoms with Crippen LogP contribution in [0.25, 0.3) is 11.2 Å². The number of alkyl halides is 1. The Morgan fingerprint density at radius 2 is 2.00 bits per heavy atom. The van der Waals surface area contributed by atoms with Crippen molar-refractivity contribution in [3.8, 4) is 11.6 Å². The number of benzene rings is 1. The number of carbonyl (C=O) groups excluding carboxylic acids is 1. The molecule has 3 heterocycles. The highest BCUT2D eigenvalue weighted by molar-refractivity contribution is 7.52. The number of aromatic nitrogens is 4. The second kappa shape index (κ2) is 12.2. The van der Waals surface area contributed by atoms with Gasteiger partial charge in [0.05, 0.1) is 31.7 Å². The minimum absolute atomic E-state index is 0.0734. The van der Waals surface area contributed by atoms with Gasteiger partial charge >= 0.3 is 13.7 Å². The van der Waals surface area contributed by atoms with Crippen molar-refractivity contribution in [2.75, 3.05) is 13.2 Å². The van der Waals surface area contributed by atoms with Crippen molar-refractivity contribution in [3.63, 3.8) is 0 Å². The first-order chi connectivity index (χ1) is 18.9. The van der Waals surface area contributed by atoms with E-state index >= 15 is 4.39 Å². The molecule has 0 radical (unpaired) electrons. The summed E-state index contributed by atoms with van der Waals surface area (Å²) < 4.78 is 59.3. The van der Waals surface area contributed by atoms with E-state index < -0.39 is 37.8 Å². The van der Waals surface area contributed by atoms with Crippen molar-refractivity contribution in [2.24, 2.45) is 0 Å². The highest BCUT2D eigenvalue weighted by atomic mass is 31.2. The minimum atomic E-state index is -4.14. The number of imidazole rings is 1. The van der Waals surface area contributed by atoms with Crippen LogP contribution in [0.15, 0.2) is 36.7 Å². The second-order valence-electron chi connectivity index (χ2n) is 9.96. The number of esters is 1. The molecule has 14 heteroatoms. The molecule has 0 aliphatic carbocycles. The van der Waals surface area contributed by atoms with E-state index in [0.29, 0.717) is 29.5 Å². The molecule has 2 unspecified atom stereocenters. The molecule has 0 bridgehead atoms. The van der Waals surface area contributed by atoms with Crippen molar-refractivity contribution in [1.29, 1.82) is 0 Å². The van der Waals surface area contributed by atoms with Gasteiger partial charge in [-0.05, 0) is 53.7 Å². The van der Waals surface area contributed by atoms with Crippen molar-refractivity contribution < 1.29 is 37.0 Å². The van der Waals surface area contributed by atoms with Gasteiger partial charge in [-0.25, -0.2) is 18.9 Å². The lowest BCUT2D eigenvalue weighted by Gasteiger charge is -2.24. The van der Waals surface area contributed by atoms with Crippen LogP contribution in [0.5, 0.6) is 11.6 Å². The van der Waals surface area contributed by atoms with Gasteiger partial charge in [-0.2, -0.15) is 10.1 Å². The Labute approximate surface area is 232 Å². The number of nitrogens with one attached hydrogen (secondary N) is 1. The molecule has 3 aromatic rings. The Morgan fingerprint density at radius 3 is 2.67 bits per heavy atom. The van der Waals surface area contributed by atoms with E-state index in [1.54, 1.807) is 51.1 Å². The minimum Gasteiger partial charge on any atom is -0.476 e. The first kappa shape index (κ1) is 29.9. The van der Waals surface area contributed by atoms with E-state index in [0.717, 1.165) is 0 Å². The highest BCUT2D eigenvalue weighted by Gasteiger charge is 2.48. The molecule has 5 atom stereocenters. The van der Waals surface area contributed by atoms with Crippen LogP contribution in [0.2, 0.25) is 0 Å². The summed E-state index contributed by atoms with van der Waals surface area (Å²) in [5.41, 5.74) is -1.10. The van der Waals surface area contributed by atoms with E-state index in [9.17, 15) is 9.36 Å². The molecule has 4 rings (SSSR count). The Balaban J connectivity index is 1.52. The lowest BCUT2D eigenvalue weighted by molar-refractivity contribution is -0.149. The van der Waals surface area contributed by atoms with Crippen LogP contribution >= 0.6 is 7.75 Å². The molecule has 0 saturated carbocycles. The van der Waals surface area contributed by atoms with Crippen LogP contribution in [0.4, 0.5) is 4.39 Å². The zero-order chi connectivity index (χ0) is 29.1. The predicted molar refractivity (Wildman–Crippen MR) is 144 cm³/mol. The number of carbonyl (C=O) groups is 1. The summed E-state index contributed by atoms with van der Waals surface area (Å²) in [7, 11) is -4.14. The van der Waals surface area contributed by atoms with Gasteiger partial charge in [0.15, 0.2) is 23.1 Å². The summed E-state index contributed by atoms with van der Waals surface area (Å²) in [5.74, 6) is 0.372. The Bertz CT molecular complexity index is 1370. The molecule has 1 aliphatic rings. The van der Waals surface area contributed by atoms with E-state index in [1.165, 1.54) is 24.7 Å². The summed E-state index contributed by atoms with van der Waals surface area (Å²) in [4.78, 5) is 25.4. The van der Waals surface area contributed by atoms with Crippen molar-refractivity contribution >= 4 is 24.9 Å². The maximum absolute atomic E-state index is 15.9.